The van der Waals surface area contributed by atoms with Gasteiger partial charge >= 0.3 is 0 Å². The van der Waals surface area contributed by atoms with Crippen molar-refractivity contribution in [1.82, 2.24) is 4.98 Å². The van der Waals surface area contributed by atoms with Gasteiger partial charge in [-0.3, -0.25) is 0 Å². The lowest BCUT2D eigenvalue weighted by Crippen LogP contribution is -2.03. The highest BCUT2D eigenvalue weighted by molar-refractivity contribution is 5.89. The van der Waals surface area contributed by atoms with E-state index in [1.54, 1.807) is 31.2 Å². The van der Waals surface area contributed by atoms with Crippen LogP contribution in [0.3, 0.4) is 0 Å². The Labute approximate surface area is 131 Å². The number of nitriles is 1. The van der Waals surface area contributed by atoms with Gasteiger partial charge in [0, 0.05) is 11.1 Å². The first kappa shape index (κ1) is 14.9. The Morgan fingerprint density at radius 1 is 1.13 bits per heavy atom. The number of aromatic nitrogens is 1. The van der Waals surface area contributed by atoms with Crippen LogP contribution < -0.4 is 4.74 Å². The summed E-state index contributed by atoms with van der Waals surface area (Å²) in [6, 6.07) is 12.6. The van der Waals surface area contributed by atoms with Gasteiger partial charge in [-0.2, -0.15) is 5.26 Å². The van der Waals surface area contributed by atoms with Crippen molar-refractivity contribution in [1.29, 1.82) is 5.26 Å². The van der Waals surface area contributed by atoms with Crippen LogP contribution in [0.15, 0.2) is 42.5 Å². The second kappa shape index (κ2) is 6.01. The van der Waals surface area contributed by atoms with Crippen LogP contribution >= 0.6 is 0 Å². The van der Waals surface area contributed by atoms with Crippen LogP contribution in [0.2, 0.25) is 0 Å². The third-order valence-electron chi connectivity index (χ3n) is 3.48. The van der Waals surface area contributed by atoms with E-state index < -0.39 is 11.6 Å². The summed E-state index contributed by atoms with van der Waals surface area (Å²) in [6.07, 6.45) is 0. The number of pyridine rings is 1. The van der Waals surface area contributed by atoms with Crippen LogP contribution in [0.4, 0.5) is 8.78 Å². The molecule has 23 heavy (non-hydrogen) atoms. The van der Waals surface area contributed by atoms with Gasteiger partial charge in [0.1, 0.15) is 29.5 Å². The predicted molar refractivity (Wildman–Crippen MR) is 81.9 cm³/mol. The van der Waals surface area contributed by atoms with Crippen LogP contribution in [0.1, 0.15) is 16.8 Å². The fourth-order valence-electron chi connectivity index (χ4n) is 2.38. The van der Waals surface area contributed by atoms with E-state index in [9.17, 15) is 14.0 Å². The fourth-order valence-corrected chi connectivity index (χ4v) is 2.38. The van der Waals surface area contributed by atoms with E-state index in [-0.39, 0.29) is 12.2 Å². The molecule has 1 aromatic heterocycles. The van der Waals surface area contributed by atoms with Gasteiger partial charge in [-0.05, 0) is 31.2 Å². The Kier molecular flexibility index (Phi) is 3.90. The summed E-state index contributed by atoms with van der Waals surface area (Å²) in [5.74, 6) is -0.940. The average Bonchev–Trinajstić information content (AvgIpc) is 2.54. The van der Waals surface area contributed by atoms with E-state index in [0.29, 0.717) is 27.9 Å². The number of nitrogens with zero attached hydrogens (tertiary/aromatic N) is 2. The summed E-state index contributed by atoms with van der Waals surface area (Å²) in [5, 5.41) is 9.86. The molecule has 0 aliphatic heterocycles. The number of fused-ring (bicyclic) bond motifs is 1. The van der Waals surface area contributed by atoms with E-state index in [1.165, 1.54) is 18.2 Å². The molecule has 3 rings (SSSR count). The smallest absolute Gasteiger partial charge is 0.146 e. The molecule has 0 amide bonds. The molecule has 0 N–H and O–H groups in total. The quantitative estimate of drug-likeness (QED) is 0.725. The van der Waals surface area contributed by atoms with Gasteiger partial charge in [0.25, 0.3) is 0 Å². The molecule has 2 aromatic carbocycles. The first-order valence-corrected chi connectivity index (χ1v) is 6.96. The molecule has 0 unspecified atom stereocenters. The van der Waals surface area contributed by atoms with Crippen molar-refractivity contribution in [2.45, 2.75) is 13.5 Å². The summed E-state index contributed by atoms with van der Waals surface area (Å²) >= 11 is 0. The SMILES string of the molecule is Cc1cc(C#N)c2cccc(OCc3c(F)cccc3F)c2n1. The molecule has 5 heteroatoms. The molecule has 0 fully saturated rings. The van der Waals surface area contributed by atoms with Gasteiger partial charge in [-0.15, -0.1) is 0 Å². The minimum absolute atomic E-state index is 0.141. The molecular weight excluding hydrogens is 298 g/mol. The van der Waals surface area contributed by atoms with Gasteiger partial charge in [0.15, 0.2) is 0 Å². The Bertz CT molecular complexity index is 912. The summed E-state index contributed by atoms with van der Waals surface area (Å²) < 4.78 is 32.9. The molecule has 0 saturated carbocycles. The first-order valence-electron chi connectivity index (χ1n) is 6.96. The van der Waals surface area contributed by atoms with Crippen molar-refractivity contribution in [2.24, 2.45) is 0 Å². The lowest BCUT2D eigenvalue weighted by atomic mass is 10.1. The average molecular weight is 310 g/mol. The molecule has 0 aliphatic rings. The Balaban J connectivity index is 2.01. The van der Waals surface area contributed by atoms with Crippen LogP contribution in [0, 0.1) is 29.9 Å². The molecule has 1 heterocycles. The molecule has 114 valence electrons. The predicted octanol–water partition coefficient (Wildman–Crippen LogP) is 4.27. The van der Waals surface area contributed by atoms with E-state index in [1.807, 2.05) is 0 Å². The molecule has 0 saturated heterocycles. The summed E-state index contributed by atoms with van der Waals surface area (Å²) in [4.78, 5) is 4.38. The second-order valence-electron chi connectivity index (χ2n) is 5.06. The van der Waals surface area contributed by atoms with Crippen molar-refractivity contribution < 1.29 is 13.5 Å². The number of hydrogen-bond donors (Lipinski definition) is 0. The molecule has 3 nitrogen and oxygen atoms in total. The third-order valence-corrected chi connectivity index (χ3v) is 3.48. The van der Waals surface area contributed by atoms with Crippen molar-refractivity contribution in [3.63, 3.8) is 0 Å². The van der Waals surface area contributed by atoms with Crippen LogP contribution in [0.5, 0.6) is 5.75 Å². The minimum atomic E-state index is -0.660. The Hall–Kier alpha value is -3.00. The Morgan fingerprint density at radius 3 is 2.52 bits per heavy atom. The maximum atomic E-state index is 13.7. The highest BCUT2D eigenvalue weighted by Gasteiger charge is 2.12. The summed E-state index contributed by atoms with van der Waals surface area (Å²) in [5.41, 5.74) is 1.51. The van der Waals surface area contributed by atoms with Gasteiger partial charge in [-0.25, -0.2) is 13.8 Å². The highest BCUT2D eigenvalue weighted by atomic mass is 19.1. The number of para-hydroxylation sites is 1. The van der Waals surface area contributed by atoms with E-state index >= 15 is 0 Å². The van der Waals surface area contributed by atoms with Crippen molar-refractivity contribution in [3.05, 3.63) is 70.9 Å². The molecule has 0 spiro atoms. The second-order valence-corrected chi connectivity index (χ2v) is 5.06. The number of hydrogen-bond acceptors (Lipinski definition) is 3. The summed E-state index contributed by atoms with van der Waals surface area (Å²) in [6.45, 7) is 1.52. The van der Waals surface area contributed by atoms with E-state index in [2.05, 4.69) is 11.1 Å². The van der Waals surface area contributed by atoms with Gasteiger partial charge in [0.2, 0.25) is 0 Å². The van der Waals surface area contributed by atoms with E-state index in [0.717, 1.165) is 0 Å². The number of halogens is 2. The monoisotopic (exact) mass is 310 g/mol. The minimum Gasteiger partial charge on any atom is -0.486 e. The van der Waals surface area contributed by atoms with Gasteiger partial charge in [0.05, 0.1) is 17.2 Å². The van der Waals surface area contributed by atoms with Crippen molar-refractivity contribution in [2.75, 3.05) is 0 Å². The number of benzene rings is 2. The third kappa shape index (κ3) is 2.84. The lowest BCUT2D eigenvalue weighted by molar-refractivity contribution is 0.295. The number of ether oxygens (including phenoxy) is 1. The largest absolute Gasteiger partial charge is 0.486 e. The maximum Gasteiger partial charge on any atom is 0.146 e. The zero-order chi connectivity index (χ0) is 16.4. The fraction of sp³-hybridized carbons (Fsp3) is 0.111. The first-order chi connectivity index (χ1) is 11.1. The van der Waals surface area contributed by atoms with Crippen LogP contribution in [-0.2, 0) is 6.61 Å². The van der Waals surface area contributed by atoms with Crippen molar-refractivity contribution in [3.8, 4) is 11.8 Å². The molecular formula is C18H12F2N2O. The zero-order valence-corrected chi connectivity index (χ0v) is 12.3. The maximum absolute atomic E-state index is 13.7. The molecule has 3 aromatic rings. The molecule has 0 bridgehead atoms. The normalized spacial score (nSPS) is 10.5. The number of rotatable bonds is 3. The molecule has 0 atom stereocenters. The van der Waals surface area contributed by atoms with Crippen LogP contribution in [-0.4, -0.2) is 4.98 Å². The van der Waals surface area contributed by atoms with Gasteiger partial charge in [-0.1, -0.05) is 18.2 Å². The lowest BCUT2D eigenvalue weighted by Gasteiger charge is -2.11. The highest BCUT2D eigenvalue weighted by Crippen LogP contribution is 2.28. The van der Waals surface area contributed by atoms with Crippen molar-refractivity contribution >= 4 is 10.9 Å². The Morgan fingerprint density at radius 2 is 1.83 bits per heavy atom. The van der Waals surface area contributed by atoms with Crippen LogP contribution in [0.25, 0.3) is 10.9 Å². The molecule has 0 aliphatic carbocycles. The standard InChI is InChI=1S/C18H12F2N2O/c1-11-8-12(9-21)13-4-2-7-17(18(13)22-11)23-10-14-15(19)5-3-6-16(14)20/h2-8H,10H2,1H3. The van der Waals surface area contributed by atoms with Gasteiger partial charge < -0.3 is 4.74 Å². The topological polar surface area (TPSA) is 45.9 Å². The zero-order valence-electron chi connectivity index (χ0n) is 12.3. The van der Waals surface area contributed by atoms with E-state index in [4.69, 9.17) is 4.74 Å². The summed E-state index contributed by atoms with van der Waals surface area (Å²) in [7, 11) is 0. The molecule has 0 radical (unpaired) electrons. The number of aryl methyl sites for hydroxylation is 1.